The highest BCUT2D eigenvalue weighted by molar-refractivity contribution is 5.75. The number of anilines is 2. The molecule has 0 aromatic heterocycles. The van der Waals surface area contributed by atoms with Gasteiger partial charge >= 0.3 is 5.69 Å². The molecule has 1 aliphatic rings. The Morgan fingerprint density at radius 3 is 2.63 bits per heavy atom. The van der Waals surface area contributed by atoms with E-state index in [9.17, 15) is 10.1 Å². The van der Waals surface area contributed by atoms with Crippen LogP contribution in [0.15, 0.2) is 18.2 Å². The Kier molecular flexibility index (Phi) is 3.36. The van der Waals surface area contributed by atoms with Gasteiger partial charge in [0.15, 0.2) is 0 Å². The maximum Gasteiger partial charge on any atom is 0.315 e. The molecule has 19 heavy (non-hydrogen) atoms. The molecule has 1 aromatic carbocycles. The van der Waals surface area contributed by atoms with E-state index in [0.717, 1.165) is 19.6 Å². The molecule has 0 amide bonds. The van der Waals surface area contributed by atoms with Crippen LogP contribution in [0.1, 0.15) is 13.8 Å². The molecule has 2 N–H and O–H groups in total. The van der Waals surface area contributed by atoms with Crippen LogP contribution in [0.5, 0.6) is 0 Å². The summed E-state index contributed by atoms with van der Waals surface area (Å²) in [4.78, 5) is 15.1. The quantitative estimate of drug-likeness (QED) is 0.500. The van der Waals surface area contributed by atoms with Crippen LogP contribution in [-0.4, -0.2) is 42.0 Å². The molecular formula is C13H20N4O2. The molecule has 0 spiro atoms. The number of nitrogens with zero attached hydrogens (tertiary/aromatic N) is 3. The first-order valence-corrected chi connectivity index (χ1v) is 6.32. The minimum atomic E-state index is -0.393. The minimum absolute atomic E-state index is 0.0165. The molecule has 1 aromatic rings. The zero-order valence-electron chi connectivity index (χ0n) is 11.6. The van der Waals surface area contributed by atoms with E-state index in [1.807, 2.05) is 0 Å². The Bertz CT molecular complexity index is 501. The summed E-state index contributed by atoms with van der Waals surface area (Å²) in [5.41, 5.74) is 6.58. The van der Waals surface area contributed by atoms with Crippen LogP contribution in [0, 0.1) is 10.1 Å². The standard InChI is InChI=1S/C13H20N4O2/c1-13(2)9-16(8-7-15(13)3)11-6-4-5-10(14)12(11)17(18)19/h4-6H,7-9,14H2,1-3H3. The summed E-state index contributed by atoms with van der Waals surface area (Å²) in [7, 11) is 2.07. The monoisotopic (exact) mass is 264 g/mol. The lowest BCUT2D eigenvalue weighted by Gasteiger charge is -2.46. The normalized spacial score (nSPS) is 19.4. The topological polar surface area (TPSA) is 75.6 Å². The highest BCUT2D eigenvalue weighted by atomic mass is 16.6. The number of para-hydroxylation sites is 1. The van der Waals surface area contributed by atoms with Crippen LogP contribution in [0.2, 0.25) is 0 Å². The van der Waals surface area contributed by atoms with Gasteiger partial charge in [0, 0.05) is 25.2 Å². The third kappa shape index (κ3) is 2.49. The second-order valence-electron chi connectivity index (χ2n) is 5.63. The van der Waals surface area contributed by atoms with Gasteiger partial charge in [0.2, 0.25) is 0 Å². The van der Waals surface area contributed by atoms with E-state index in [0.29, 0.717) is 5.69 Å². The van der Waals surface area contributed by atoms with Gasteiger partial charge < -0.3 is 10.6 Å². The fourth-order valence-electron chi connectivity index (χ4n) is 2.45. The molecule has 0 radical (unpaired) electrons. The second kappa shape index (κ2) is 4.70. The van der Waals surface area contributed by atoms with E-state index < -0.39 is 4.92 Å². The molecule has 0 bridgehead atoms. The fraction of sp³-hybridized carbons (Fsp3) is 0.538. The third-order valence-corrected chi connectivity index (χ3v) is 3.89. The first-order chi connectivity index (χ1) is 8.83. The molecule has 1 saturated heterocycles. The number of nitro benzene ring substituents is 1. The number of benzene rings is 1. The lowest BCUT2D eigenvalue weighted by Crippen LogP contribution is -2.57. The molecule has 1 heterocycles. The van der Waals surface area contributed by atoms with E-state index >= 15 is 0 Å². The molecule has 1 aliphatic heterocycles. The van der Waals surface area contributed by atoms with Crippen molar-refractivity contribution in [2.75, 3.05) is 37.3 Å². The Balaban J connectivity index is 2.38. The molecule has 0 atom stereocenters. The lowest BCUT2D eigenvalue weighted by atomic mass is 9.99. The Labute approximate surface area is 112 Å². The minimum Gasteiger partial charge on any atom is -0.393 e. The van der Waals surface area contributed by atoms with Crippen molar-refractivity contribution in [3.05, 3.63) is 28.3 Å². The second-order valence-corrected chi connectivity index (χ2v) is 5.63. The Hall–Kier alpha value is -1.82. The molecule has 6 heteroatoms. The molecule has 0 saturated carbocycles. The number of hydrogen-bond acceptors (Lipinski definition) is 5. The molecule has 0 aliphatic carbocycles. The smallest absolute Gasteiger partial charge is 0.315 e. The number of nitro groups is 1. The van der Waals surface area contributed by atoms with E-state index in [1.54, 1.807) is 18.2 Å². The maximum absolute atomic E-state index is 11.2. The van der Waals surface area contributed by atoms with Gasteiger partial charge in [-0.15, -0.1) is 0 Å². The van der Waals surface area contributed by atoms with Crippen molar-refractivity contribution in [2.24, 2.45) is 0 Å². The maximum atomic E-state index is 11.2. The molecule has 0 unspecified atom stereocenters. The highest BCUT2D eigenvalue weighted by Gasteiger charge is 2.34. The van der Waals surface area contributed by atoms with E-state index in [-0.39, 0.29) is 16.9 Å². The van der Waals surface area contributed by atoms with Crippen LogP contribution < -0.4 is 10.6 Å². The van der Waals surface area contributed by atoms with Crippen molar-refractivity contribution in [3.8, 4) is 0 Å². The van der Waals surface area contributed by atoms with Gasteiger partial charge in [-0.25, -0.2) is 0 Å². The van der Waals surface area contributed by atoms with Gasteiger partial charge in [-0.3, -0.25) is 15.0 Å². The van der Waals surface area contributed by atoms with Crippen LogP contribution in [0.25, 0.3) is 0 Å². The van der Waals surface area contributed by atoms with Gasteiger partial charge in [-0.2, -0.15) is 0 Å². The highest BCUT2D eigenvalue weighted by Crippen LogP contribution is 2.35. The SMILES string of the molecule is CN1CCN(c2cccc(N)c2[N+](=O)[O-])CC1(C)C. The van der Waals surface area contributed by atoms with Gasteiger partial charge in [0.1, 0.15) is 11.4 Å². The summed E-state index contributed by atoms with van der Waals surface area (Å²) >= 11 is 0. The van der Waals surface area contributed by atoms with E-state index in [4.69, 9.17) is 5.73 Å². The zero-order chi connectivity index (χ0) is 14.2. The number of nitrogen functional groups attached to an aromatic ring is 1. The Morgan fingerprint density at radius 1 is 1.37 bits per heavy atom. The summed E-state index contributed by atoms with van der Waals surface area (Å²) in [5.74, 6) is 0. The van der Waals surface area contributed by atoms with E-state index in [2.05, 4.69) is 30.7 Å². The van der Waals surface area contributed by atoms with Crippen LogP contribution in [-0.2, 0) is 0 Å². The van der Waals surface area contributed by atoms with Crippen molar-refractivity contribution in [1.29, 1.82) is 0 Å². The van der Waals surface area contributed by atoms with Crippen molar-refractivity contribution in [3.63, 3.8) is 0 Å². The summed E-state index contributed by atoms with van der Waals surface area (Å²) in [5, 5.41) is 11.2. The van der Waals surface area contributed by atoms with Gasteiger partial charge in [-0.05, 0) is 33.0 Å². The van der Waals surface area contributed by atoms with Gasteiger partial charge in [0.05, 0.1) is 4.92 Å². The summed E-state index contributed by atoms with van der Waals surface area (Å²) in [6.45, 7) is 6.66. The fourth-order valence-corrected chi connectivity index (χ4v) is 2.45. The summed E-state index contributed by atoms with van der Waals surface area (Å²) in [6, 6.07) is 5.11. The first-order valence-electron chi connectivity index (χ1n) is 6.32. The summed E-state index contributed by atoms with van der Waals surface area (Å²) in [6.07, 6.45) is 0. The number of rotatable bonds is 2. The van der Waals surface area contributed by atoms with Crippen LogP contribution in [0.3, 0.4) is 0 Å². The van der Waals surface area contributed by atoms with Gasteiger partial charge in [-0.1, -0.05) is 6.07 Å². The largest absolute Gasteiger partial charge is 0.393 e. The van der Waals surface area contributed by atoms with Crippen molar-refractivity contribution in [2.45, 2.75) is 19.4 Å². The average Bonchev–Trinajstić information content (AvgIpc) is 2.31. The van der Waals surface area contributed by atoms with Crippen LogP contribution in [0.4, 0.5) is 17.1 Å². The molecule has 6 nitrogen and oxygen atoms in total. The van der Waals surface area contributed by atoms with Crippen molar-refractivity contribution < 1.29 is 4.92 Å². The summed E-state index contributed by atoms with van der Waals surface area (Å²) < 4.78 is 0. The lowest BCUT2D eigenvalue weighted by molar-refractivity contribution is -0.383. The third-order valence-electron chi connectivity index (χ3n) is 3.89. The number of hydrogen-bond donors (Lipinski definition) is 1. The number of piperazine rings is 1. The first kappa shape index (κ1) is 13.6. The molecular weight excluding hydrogens is 244 g/mol. The molecule has 1 fully saturated rings. The molecule has 104 valence electrons. The van der Waals surface area contributed by atoms with Crippen molar-refractivity contribution >= 4 is 17.1 Å². The zero-order valence-corrected chi connectivity index (χ0v) is 11.6. The Morgan fingerprint density at radius 2 is 2.05 bits per heavy atom. The predicted octanol–water partition coefficient (Wildman–Crippen LogP) is 1.71. The number of likely N-dealkylation sites (N-methyl/N-ethyl adjacent to an activating group) is 1. The number of nitrogens with two attached hydrogens (primary N) is 1. The molecule has 2 rings (SSSR count). The van der Waals surface area contributed by atoms with Gasteiger partial charge in [0.25, 0.3) is 0 Å². The van der Waals surface area contributed by atoms with Crippen LogP contribution >= 0.6 is 0 Å². The predicted molar refractivity (Wildman–Crippen MR) is 76.4 cm³/mol. The average molecular weight is 264 g/mol. The van der Waals surface area contributed by atoms with Crippen molar-refractivity contribution in [1.82, 2.24) is 4.90 Å². The van der Waals surface area contributed by atoms with E-state index in [1.165, 1.54) is 0 Å².